The van der Waals surface area contributed by atoms with Gasteiger partial charge in [-0.15, -0.1) is 0 Å². The zero-order valence-corrected chi connectivity index (χ0v) is 15.0. The first-order valence-electron chi connectivity index (χ1n) is 9.93. The maximum atomic E-state index is 10.4. The lowest BCUT2D eigenvalue weighted by molar-refractivity contribution is -0.171. The highest BCUT2D eigenvalue weighted by Gasteiger charge is 2.49. The van der Waals surface area contributed by atoms with E-state index in [1.54, 1.807) is 0 Å². The molecular formula is C19H34O5. The van der Waals surface area contributed by atoms with Crippen molar-refractivity contribution in [3.05, 3.63) is 0 Å². The summed E-state index contributed by atoms with van der Waals surface area (Å²) in [4.78, 5) is 0. The molecule has 0 bridgehead atoms. The zero-order chi connectivity index (χ0) is 17.0. The molecule has 0 radical (unpaired) electrons. The van der Waals surface area contributed by atoms with Crippen LogP contribution >= 0.6 is 0 Å². The van der Waals surface area contributed by atoms with E-state index in [9.17, 15) is 10.2 Å². The molecule has 5 atom stereocenters. The molecule has 2 aliphatic heterocycles. The molecule has 0 amide bonds. The number of aliphatic hydroxyl groups excluding tert-OH is 2. The highest BCUT2D eigenvalue weighted by molar-refractivity contribution is 4.96. The molecule has 1 aliphatic carbocycles. The van der Waals surface area contributed by atoms with Gasteiger partial charge in [-0.1, -0.05) is 32.6 Å². The molecule has 5 nitrogen and oxygen atoms in total. The minimum absolute atomic E-state index is 0.0235. The Morgan fingerprint density at radius 3 is 2.46 bits per heavy atom. The third kappa shape index (κ3) is 4.31. The van der Waals surface area contributed by atoms with E-state index in [1.165, 1.54) is 25.7 Å². The summed E-state index contributed by atoms with van der Waals surface area (Å²) in [5, 5.41) is 20.1. The molecule has 1 saturated carbocycles. The zero-order valence-electron chi connectivity index (χ0n) is 15.0. The molecule has 2 saturated heterocycles. The molecule has 3 rings (SSSR count). The smallest absolute Gasteiger partial charge is 0.168 e. The van der Waals surface area contributed by atoms with Crippen molar-refractivity contribution in [1.82, 2.24) is 0 Å². The van der Waals surface area contributed by atoms with Crippen molar-refractivity contribution in [2.24, 2.45) is 11.8 Å². The Labute approximate surface area is 145 Å². The summed E-state index contributed by atoms with van der Waals surface area (Å²) in [7, 11) is 0. The van der Waals surface area contributed by atoms with Gasteiger partial charge in [0.2, 0.25) is 0 Å². The maximum Gasteiger partial charge on any atom is 0.168 e. The molecule has 5 unspecified atom stereocenters. The number of ether oxygens (including phenoxy) is 3. The summed E-state index contributed by atoms with van der Waals surface area (Å²) in [5.41, 5.74) is 0. The summed E-state index contributed by atoms with van der Waals surface area (Å²) in [6, 6.07) is 0. The standard InChI is InChI=1S/C19H34O5/c1-2-3-4-5-6-8-19(22-10-11-23-19)9-7-14-15-12-18(21)24-17(15)13-16(14)20/h14-18,20-21H,2-13H2,1H3. The number of hydrogen-bond acceptors (Lipinski definition) is 5. The first-order chi connectivity index (χ1) is 11.6. The average molecular weight is 342 g/mol. The van der Waals surface area contributed by atoms with Gasteiger partial charge in [-0.3, -0.25) is 0 Å². The van der Waals surface area contributed by atoms with Crippen LogP contribution in [0.15, 0.2) is 0 Å². The van der Waals surface area contributed by atoms with Gasteiger partial charge >= 0.3 is 0 Å². The predicted octanol–water partition coefficient (Wildman–Crippen LogP) is 2.97. The maximum absolute atomic E-state index is 10.4. The number of aliphatic hydroxyl groups is 2. The fourth-order valence-corrected chi connectivity index (χ4v) is 4.82. The summed E-state index contributed by atoms with van der Waals surface area (Å²) in [6.07, 6.45) is 9.24. The van der Waals surface area contributed by atoms with Gasteiger partial charge in [0.15, 0.2) is 12.1 Å². The van der Waals surface area contributed by atoms with Crippen LogP contribution in [0.2, 0.25) is 0 Å². The second-order valence-corrected chi connectivity index (χ2v) is 7.81. The Kier molecular flexibility index (Phi) is 6.55. The minimum Gasteiger partial charge on any atom is -0.393 e. The van der Waals surface area contributed by atoms with Gasteiger partial charge in [0.25, 0.3) is 0 Å². The summed E-state index contributed by atoms with van der Waals surface area (Å²) in [5.74, 6) is 0.0252. The quantitative estimate of drug-likeness (QED) is 0.631. The number of rotatable bonds is 9. The molecule has 24 heavy (non-hydrogen) atoms. The van der Waals surface area contributed by atoms with Crippen LogP contribution in [0.3, 0.4) is 0 Å². The minimum atomic E-state index is -0.651. The van der Waals surface area contributed by atoms with Crippen LogP contribution in [0, 0.1) is 11.8 Å². The van der Waals surface area contributed by atoms with Gasteiger partial charge in [0.1, 0.15) is 0 Å². The normalized spacial score (nSPS) is 37.9. The molecule has 2 N–H and O–H groups in total. The average Bonchev–Trinajstić information content (AvgIpc) is 3.21. The topological polar surface area (TPSA) is 68.2 Å². The van der Waals surface area contributed by atoms with Gasteiger partial charge in [0, 0.05) is 25.7 Å². The Bertz CT molecular complexity index is 382. The van der Waals surface area contributed by atoms with Crippen molar-refractivity contribution in [2.75, 3.05) is 13.2 Å². The molecule has 140 valence electrons. The van der Waals surface area contributed by atoms with Gasteiger partial charge < -0.3 is 24.4 Å². The van der Waals surface area contributed by atoms with Crippen LogP contribution in [-0.4, -0.2) is 47.7 Å². The Balaban J connectivity index is 1.48. The lowest BCUT2D eigenvalue weighted by atomic mass is 9.86. The van der Waals surface area contributed by atoms with Crippen LogP contribution in [0.1, 0.15) is 71.1 Å². The molecule has 0 aromatic rings. The number of hydrogen-bond donors (Lipinski definition) is 2. The van der Waals surface area contributed by atoms with Crippen LogP contribution in [0.4, 0.5) is 0 Å². The SMILES string of the molecule is CCCCCCCC1(CCC2C(O)CC3OC(O)CC32)OCCO1. The largest absolute Gasteiger partial charge is 0.393 e. The van der Waals surface area contributed by atoms with E-state index >= 15 is 0 Å². The second kappa shape index (κ2) is 8.45. The third-order valence-electron chi connectivity index (χ3n) is 6.13. The van der Waals surface area contributed by atoms with Crippen LogP contribution < -0.4 is 0 Å². The van der Waals surface area contributed by atoms with Crippen LogP contribution in [0.5, 0.6) is 0 Å². The van der Waals surface area contributed by atoms with E-state index in [1.807, 2.05) is 0 Å². The van der Waals surface area contributed by atoms with E-state index in [0.29, 0.717) is 26.1 Å². The summed E-state index contributed by atoms with van der Waals surface area (Å²) < 4.78 is 17.5. The van der Waals surface area contributed by atoms with Crippen molar-refractivity contribution in [1.29, 1.82) is 0 Å². The van der Waals surface area contributed by atoms with Gasteiger partial charge in [-0.05, 0) is 24.7 Å². The predicted molar refractivity (Wildman–Crippen MR) is 90.3 cm³/mol. The van der Waals surface area contributed by atoms with E-state index < -0.39 is 12.1 Å². The Hall–Kier alpha value is -0.200. The van der Waals surface area contributed by atoms with E-state index in [0.717, 1.165) is 25.7 Å². The Morgan fingerprint density at radius 1 is 0.958 bits per heavy atom. The highest BCUT2D eigenvalue weighted by Crippen LogP contribution is 2.46. The lowest BCUT2D eigenvalue weighted by Gasteiger charge is -2.30. The van der Waals surface area contributed by atoms with Crippen molar-refractivity contribution in [2.45, 2.75) is 95.4 Å². The van der Waals surface area contributed by atoms with Gasteiger partial charge in [-0.25, -0.2) is 0 Å². The van der Waals surface area contributed by atoms with Gasteiger partial charge in [0.05, 0.1) is 25.4 Å². The van der Waals surface area contributed by atoms with E-state index in [2.05, 4.69) is 6.92 Å². The van der Waals surface area contributed by atoms with Crippen LogP contribution in [0.25, 0.3) is 0 Å². The number of fused-ring (bicyclic) bond motifs is 1. The first-order valence-corrected chi connectivity index (χ1v) is 9.93. The van der Waals surface area contributed by atoms with E-state index in [4.69, 9.17) is 14.2 Å². The van der Waals surface area contributed by atoms with Crippen molar-refractivity contribution in [3.8, 4) is 0 Å². The third-order valence-corrected chi connectivity index (χ3v) is 6.13. The molecule has 3 aliphatic rings. The second-order valence-electron chi connectivity index (χ2n) is 7.81. The fourth-order valence-electron chi connectivity index (χ4n) is 4.82. The molecular weight excluding hydrogens is 308 g/mol. The molecule has 5 heteroatoms. The van der Waals surface area contributed by atoms with Crippen molar-refractivity contribution >= 4 is 0 Å². The highest BCUT2D eigenvalue weighted by atomic mass is 16.7. The van der Waals surface area contributed by atoms with Crippen LogP contribution in [-0.2, 0) is 14.2 Å². The first kappa shape index (κ1) is 18.6. The number of unbranched alkanes of at least 4 members (excludes halogenated alkanes) is 4. The Morgan fingerprint density at radius 2 is 1.71 bits per heavy atom. The monoisotopic (exact) mass is 342 g/mol. The molecule has 0 aromatic heterocycles. The van der Waals surface area contributed by atoms with Crippen molar-refractivity contribution < 1.29 is 24.4 Å². The fraction of sp³-hybridized carbons (Fsp3) is 1.00. The summed E-state index contributed by atoms with van der Waals surface area (Å²) >= 11 is 0. The van der Waals surface area contributed by atoms with Gasteiger partial charge in [-0.2, -0.15) is 0 Å². The molecule has 2 heterocycles. The van der Waals surface area contributed by atoms with Crippen molar-refractivity contribution in [3.63, 3.8) is 0 Å². The lowest BCUT2D eigenvalue weighted by Crippen LogP contribution is -2.32. The van der Waals surface area contributed by atoms with E-state index in [-0.39, 0.29) is 24.0 Å². The molecule has 0 spiro atoms. The summed E-state index contributed by atoms with van der Waals surface area (Å²) in [6.45, 7) is 3.58. The molecule has 3 fully saturated rings. The molecule has 0 aromatic carbocycles.